The van der Waals surface area contributed by atoms with Gasteiger partial charge in [-0.3, -0.25) is 10.1 Å². The van der Waals surface area contributed by atoms with Crippen LogP contribution in [0.2, 0.25) is 5.15 Å². The van der Waals surface area contributed by atoms with E-state index in [9.17, 15) is 10.1 Å². The number of rotatable bonds is 8. The fraction of sp³-hybridized carbons (Fsp3) is 0.200. The van der Waals surface area contributed by atoms with Crippen molar-refractivity contribution < 1.29 is 9.66 Å². The average Bonchev–Trinajstić information content (AvgIpc) is 2.54. The first-order chi connectivity index (χ1) is 11.1. The predicted octanol–water partition coefficient (Wildman–Crippen LogP) is 2.46. The second kappa shape index (κ2) is 8.70. The maximum atomic E-state index is 10.7. The topological polar surface area (TPSA) is 90.2 Å². The lowest BCUT2D eigenvalue weighted by molar-refractivity contribution is -0.403. The van der Waals surface area contributed by atoms with Crippen molar-refractivity contribution in [3.8, 4) is 5.88 Å². The molecule has 2 aromatic rings. The van der Waals surface area contributed by atoms with Gasteiger partial charge in [0.25, 0.3) is 6.20 Å². The summed E-state index contributed by atoms with van der Waals surface area (Å²) < 4.78 is 5.43. The lowest BCUT2D eigenvalue weighted by atomic mass is 10.2. The number of hydrogen-bond donors (Lipinski definition) is 1. The molecule has 0 saturated carbocycles. The van der Waals surface area contributed by atoms with E-state index in [1.54, 1.807) is 36.7 Å². The average molecular weight is 335 g/mol. The zero-order chi connectivity index (χ0) is 16.5. The molecule has 0 aliphatic heterocycles. The third kappa shape index (κ3) is 6.31. The highest BCUT2D eigenvalue weighted by Gasteiger charge is 2.05. The van der Waals surface area contributed by atoms with Crippen LogP contribution in [0.5, 0.6) is 5.88 Å². The molecule has 0 fully saturated rings. The maximum absolute atomic E-state index is 10.7. The molecule has 0 saturated heterocycles. The van der Waals surface area contributed by atoms with Crippen molar-refractivity contribution in [1.29, 1.82) is 0 Å². The van der Waals surface area contributed by atoms with Crippen LogP contribution in [0.15, 0.2) is 54.6 Å². The van der Waals surface area contributed by atoms with E-state index in [1.165, 1.54) is 0 Å². The van der Waals surface area contributed by atoms with Crippen molar-refractivity contribution in [2.75, 3.05) is 13.2 Å². The fourth-order valence-electron chi connectivity index (χ4n) is 1.81. The van der Waals surface area contributed by atoms with E-state index in [1.807, 2.05) is 6.07 Å². The van der Waals surface area contributed by atoms with Gasteiger partial charge >= 0.3 is 0 Å². The van der Waals surface area contributed by atoms with Crippen molar-refractivity contribution in [2.45, 2.75) is 6.42 Å². The van der Waals surface area contributed by atoms with E-state index in [2.05, 4.69) is 15.3 Å². The molecule has 0 radical (unpaired) electrons. The van der Waals surface area contributed by atoms with E-state index in [0.29, 0.717) is 36.3 Å². The molecule has 7 nitrogen and oxygen atoms in total. The van der Waals surface area contributed by atoms with E-state index in [4.69, 9.17) is 16.3 Å². The second-order valence-electron chi connectivity index (χ2n) is 4.55. The summed E-state index contributed by atoms with van der Waals surface area (Å²) in [5.41, 5.74) is 1.28. The number of allylic oxidation sites excluding steroid dienone is 1. The number of hydrogen-bond acceptors (Lipinski definition) is 6. The van der Waals surface area contributed by atoms with Crippen LogP contribution in [0.3, 0.4) is 0 Å². The molecule has 120 valence electrons. The smallest absolute Gasteiger partial charge is 0.253 e. The monoisotopic (exact) mass is 334 g/mol. The van der Waals surface area contributed by atoms with E-state index < -0.39 is 4.92 Å². The first kappa shape index (κ1) is 16.7. The first-order valence-corrected chi connectivity index (χ1v) is 7.23. The molecule has 0 unspecified atom stereocenters. The molecule has 23 heavy (non-hydrogen) atoms. The summed E-state index contributed by atoms with van der Waals surface area (Å²) in [6.45, 7) is 0.752. The van der Waals surface area contributed by atoms with Gasteiger partial charge in [-0.2, -0.15) is 0 Å². The van der Waals surface area contributed by atoms with Crippen LogP contribution in [0.4, 0.5) is 0 Å². The number of ether oxygens (including phenoxy) is 1. The molecule has 0 aliphatic rings. The van der Waals surface area contributed by atoms with Gasteiger partial charge in [0.1, 0.15) is 11.8 Å². The molecule has 0 aliphatic carbocycles. The van der Waals surface area contributed by atoms with Gasteiger partial charge in [0, 0.05) is 31.4 Å². The van der Waals surface area contributed by atoms with Crippen LogP contribution >= 0.6 is 11.6 Å². The Bertz CT molecular complexity index is 662. The highest BCUT2D eigenvalue weighted by atomic mass is 35.5. The molecule has 2 rings (SSSR count). The highest BCUT2D eigenvalue weighted by molar-refractivity contribution is 6.29. The third-order valence-corrected chi connectivity index (χ3v) is 3.01. The Morgan fingerprint density at radius 3 is 2.87 bits per heavy atom. The van der Waals surface area contributed by atoms with Crippen LogP contribution in [0.25, 0.3) is 0 Å². The van der Waals surface area contributed by atoms with Gasteiger partial charge in [-0.1, -0.05) is 23.7 Å². The Morgan fingerprint density at radius 2 is 2.22 bits per heavy atom. The summed E-state index contributed by atoms with van der Waals surface area (Å²) in [7, 11) is 0. The summed E-state index contributed by atoms with van der Waals surface area (Å²) in [6, 6.07) is 8.78. The summed E-state index contributed by atoms with van der Waals surface area (Å²) in [4.78, 5) is 18.2. The number of nitrogens with one attached hydrogen (secondary N) is 1. The van der Waals surface area contributed by atoms with Crippen LogP contribution in [-0.4, -0.2) is 28.0 Å². The number of nitrogens with zero attached hydrogens (tertiary/aromatic N) is 3. The number of halogens is 1. The largest absolute Gasteiger partial charge is 0.476 e. The Kier molecular flexibility index (Phi) is 6.31. The molecular weight excluding hydrogens is 320 g/mol. The predicted molar refractivity (Wildman–Crippen MR) is 85.8 cm³/mol. The minimum Gasteiger partial charge on any atom is -0.476 e. The maximum Gasteiger partial charge on any atom is 0.253 e. The van der Waals surface area contributed by atoms with Gasteiger partial charge in [0.15, 0.2) is 0 Å². The van der Waals surface area contributed by atoms with Gasteiger partial charge in [-0.25, -0.2) is 9.97 Å². The van der Waals surface area contributed by atoms with Crippen LogP contribution in [0.1, 0.15) is 5.56 Å². The SMILES string of the molecule is O=[N+]([O-])/C=C(/Cc1ccc(Cl)nc1)NCCOc1ccccn1. The number of aromatic nitrogens is 2. The normalized spacial score (nSPS) is 11.1. The summed E-state index contributed by atoms with van der Waals surface area (Å²) >= 11 is 5.72. The molecule has 0 amide bonds. The Hall–Kier alpha value is -2.67. The van der Waals surface area contributed by atoms with Crippen molar-refractivity contribution >= 4 is 11.6 Å². The van der Waals surface area contributed by atoms with E-state index >= 15 is 0 Å². The van der Waals surface area contributed by atoms with E-state index in [-0.39, 0.29) is 0 Å². The molecule has 8 heteroatoms. The zero-order valence-electron chi connectivity index (χ0n) is 12.2. The van der Waals surface area contributed by atoms with Crippen molar-refractivity contribution in [3.63, 3.8) is 0 Å². The molecule has 0 spiro atoms. The Balaban J connectivity index is 1.86. The van der Waals surface area contributed by atoms with Gasteiger partial charge in [-0.05, 0) is 17.7 Å². The van der Waals surface area contributed by atoms with Crippen LogP contribution < -0.4 is 10.1 Å². The lowest BCUT2D eigenvalue weighted by Crippen LogP contribution is -2.22. The van der Waals surface area contributed by atoms with E-state index in [0.717, 1.165) is 11.8 Å². The Labute approximate surface area is 138 Å². The molecule has 1 N–H and O–H groups in total. The summed E-state index contributed by atoms with van der Waals surface area (Å²) in [5, 5.41) is 14.1. The van der Waals surface area contributed by atoms with Crippen LogP contribution in [0, 0.1) is 10.1 Å². The van der Waals surface area contributed by atoms with Gasteiger partial charge in [0.05, 0.1) is 10.6 Å². The number of nitro groups is 1. The van der Waals surface area contributed by atoms with Gasteiger partial charge in [0.2, 0.25) is 5.88 Å². The standard InChI is InChI=1S/C15H15ClN4O3/c16-14-5-4-12(10-19-14)9-13(11-20(21)22)17-7-8-23-15-3-1-2-6-18-15/h1-6,10-11,17H,7-9H2/b13-11-. The molecule has 0 aromatic carbocycles. The van der Waals surface area contributed by atoms with Crippen LogP contribution in [-0.2, 0) is 6.42 Å². The minimum atomic E-state index is -0.495. The fourth-order valence-corrected chi connectivity index (χ4v) is 1.92. The lowest BCUT2D eigenvalue weighted by Gasteiger charge is -2.10. The number of pyridine rings is 2. The minimum absolute atomic E-state index is 0.338. The molecule has 2 heterocycles. The zero-order valence-corrected chi connectivity index (χ0v) is 12.9. The molecular formula is C15H15ClN4O3. The van der Waals surface area contributed by atoms with Crippen molar-refractivity contribution in [2.24, 2.45) is 0 Å². The summed E-state index contributed by atoms with van der Waals surface area (Å²) in [6.07, 6.45) is 4.51. The Morgan fingerprint density at radius 1 is 1.35 bits per heavy atom. The summed E-state index contributed by atoms with van der Waals surface area (Å²) in [5.74, 6) is 0.510. The first-order valence-electron chi connectivity index (χ1n) is 6.86. The highest BCUT2D eigenvalue weighted by Crippen LogP contribution is 2.09. The van der Waals surface area contributed by atoms with Crippen molar-refractivity contribution in [1.82, 2.24) is 15.3 Å². The quantitative estimate of drug-likeness (QED) is 0.345. The van der Waals surface area contributed by atoms with Gasteiger partial charge in [-0.15, -0.1) is 0 Å². The molecule has 2 aromatic heterocycles. The molecule has 0 atom stereocenters. The van der Waals surface area contributed by atoms with Crippen molar-refractivity contribution in [3.05, 3.63) is 75.5 Å². The third-order valence-electron chi connectivity index (χ3n) is 2.79. The molecule has 0 bridgehead atoms. The second-order valence-corrected chi connectivity index (χ2v) is 4.94. The van der Waals surface area contributed by atoms with Gasteiger partial charge < -0.3 is 10.1 Å².